The molecule has 0 spiro atoms. The third kappa shape index (κ3) is 66.0. The molecule has 0 saturated carbocycles. The Morgan fingerprint density at radius 3 is 1.31 bits per heavy atom. The van der Waals surface area contributed by atoms with Gasteiger partial charge in [0.2, 0.25) is 0 Å². The zero-order chi connectivity index (χ0) is 14.0. The van der Waals surface area contributed by atoms with Crippen molar-refractivity contribution in [1.29, 1.82) is 0 Å². The van der Waals surface area contributed by atoms with Gasteiger partial charge in [0.05, 0.1) is 0 Å². The van der Waals surface area contributed by atoms with Gasteiger partial charge in [-0.05, 0) is 24.8 Å². The van der Waals surface area contributed by atoms with Gasteiger partial charge in [-0.2, -0.15) is 0 Å². The summed E-state index contributed by atoms with van der Waals surface area (Å²) in [6.07, 6.45) is 3.81. The van der Waals surface area contributed by atoms with Crippen molar-refractivity contribution in [3.05, 3.63) is 0 Å². The molecule has 0 aromatic heterocycles. The van der Waals surface area contributed by atoms with Crippen LogP contribution in [0.25, 0.3) is 0 Å². The van der Waals surface area contributed by atoms with Crippen molar-refractivity contribution in [2.75, 3.05) is 6.54 Å². The molecule has 0 rings (SSSR count). The van der Waals surface area contributed by atoms with Crippen LogP contribution >= 0.6 is 0 Å². The summed E-state index contributed by atoms with van der Waals surface area (Å²) < 4.78 is 0. The molecule has 0 radical (unpaired) electrons. The molecule has 0 aliphatic heterocycles. The molecule has 1 unspecified atom stereocenters. The molecule has 1 nitrogen and oxygen atoms in total. The van der Waals surface area contributed by atoms with Gasteiger partial charge < -0.3 is 5.73 Å². The first-order valence-corrected chi connectivity index (χ1v) is 7.24. The van der Waals surface area contributed by atoms with Gasteiger partial charge in [-0.1, -0.05) is 75.2 Å². The fourth-order valence-corrected chi connectivity index (χ4v) is 0.922. The third-order valence-corrected chi connectivity index (χ3v) is 1.44. The van der Waals surface area contributed by atoms with E-state index in [0.717, 1.165) is 18.4 Å². The first-order chi connectivity index (χ1) is 7.54. The minimum atomic E-state index is 0.833. The highest BCUT2D eigenvalue weighted by molar-refractivity contribution is 4.50. The SMILES string of the molecule is CC.CC.CC(C)C.CCCC(C)CCN. The Kier molecular flexibility index (Phi) is 45.9. The zero-order valence-corrected chi connectivity index (χ0v) is 13.6. The van der Waals surface area contributed by atoms with E-state index in [-0.39, 0.29) is 0 Å². The quantitative estimate of drug-likeness (QED) is 0.683. The number of rotatable bonds is 4. The first kappa shape index (κ1) is 25.0. The Balaban J connectivity index is -0.0000000761. The molecule has 0 amide bonds. The van der Waals surface area contributed by atoms with Crippen molar-refractivity contribution < 1.29 is 0 Å². The highest BCUT2D eigenvalue weighted by Gasteiger charge is 1.95. The molecule has 1 atom stereocenters. The largest absolute Gasteiger partial charge is 0.330 e. The van der Waals surface area contributed by atoms with E-state index in [1.165, 1.54) is 19.3 Å². The molecule has 0 saturated heterocycles. The van der Waals surface area contributed by atoms with E-state index in [9.17, 15) is 0 Å². The summed E-state index contributed by atoms with van der Waals surface area (Å²) >= 11 is 0. The molecule has 0 bridgehead atoms. The summed E-state index contributed by atoms with van der Waals surface area (Å²) in [5.41, 5.74) is 5.36. The summed E-state index contributed by atoms with van der Waals surface area (Å²) in [5.74, 6) is 1.67. The van der Waals surface area contributed by atoms with Gasteiger partial charge in [0, 0.05) is 0 Å². The smallest absolute Gasteiger partial charge is 0.00747 e. The molecule has 2 N–H and O–H groups in total. The lowest BCUT2D eigenvalue weighted by Crippen LogP contribution is -2.04. The molecule has 0 aromatic rings. The minimum absolute atomic E-state index is 0.833. The monoisotopic (exact) mass is 233 g/mol. The van der Waals surface area contributed by atoms with Crippen molar-refractivity contribution in [3.63, 3.8) is 0 Å². The zero-order valence-electron chi connectivity index (χ0n) is 13.6. The van der Waals surface area contributed by atoms with E-state index in [1.54, 1.807) is 0 Å². The van der Waals surface area contributed by atoms with Gasteiger partial charge in [-0.15, -0.1) is 0 Å². The summed E-state index contributed by atoms with van der Waals surface area (Å²) in [6.45, 7) is 19.8. The van der Waals surface area contributed by atoms with Gasteiger partial charge in [-0.3, -0.25) is 0 Å². The average molecular weight is 233 g/mol. The van der Waals surface area contributed by atoms with Gasteiger partial charge in [-0.25, -0.2) is 0 Å². The molecule has 0 aliphatic carbocycles. The van der Waals surface area contributed by atoms with E-state index in [4.69, 9.17) is 5.73 Å². The predicted molar refractivity (Wildman–Crippen MR) is 81.0 cm³/mol. The lowest BCUT2D eigenvalue weighted by atomic mass is 10.0. The number of nitrogens with two attached hydrogens (primary N) is 1. The van der Waals surface area contributed by atoms with Crippen LogP contribution in [0.5, 0.6) is 0 Å². The number of hydrogen-bond donors (Lipinski definition) is 1. The second-order valence-electron chi connectivity index (χ2n) is 4.20. The van der Waals surface area contributed by atoms with Crippen LogP contribution in [0.4, 0.5) is 0 Å². The van der Waals surface area contributed by atoms with Crippen molar-refractivity contribution in [1.82, 2.24) is 0 Å². The maximum atomic E-state index is 5.36. The lowest BCUT2D eigenvalue weighted by molar-refractivity contribution is 0.493. The van der Waals surface area contributed by atoms with Crippen LogP contribution in [-0.2, 0) is 0 Å². The second kappa shape index (κ2) is 29.4. The summed E-state index contributed by atoms with van der Waals surface area (Å²) in [6, 6.07) is 0. The maximum Gasteiger partial charge on any atom is -0.00747 e. The van der Waals surface area contributed by atoms with Crippen LogP contribution in [0.3, 0.4) is 0 Å². The van der Waals surface area contributed by atoms with E-state index < -0.39 is 0 Å². The van der Waals surface area contributed by atoms with Crippen LogP contribution in [0.15, 0.2) is 0 Å². The Labute approximate surface area is 106 Å². The summed E-state index contributed by atoms with van der Waals surface area (Å²) in [4.78, 5) is 0. The molecule has 0 aromatic carbocycles. The van der Waals surface area contributed by atoms with Crippen LogP contribution in [0.1, 0.15) is 81.6 Å². The van der Waals surface area contributed by atoms with E-state index in [2.05, 4.69) is 34.6 Å². The molecule has 16 heavy (non-hydrogen) atoms. The minimum Gasteiger partial charge on any atom is -0.330 e. The van der Waals surface area contributed by atoms with Gasteiger partial charge in [0.1, 0.15) is 0 Å². The molecular weight excluding hydrogens is 194 g/mol. The normalized spacial score (nSPS) is 9.94. The van der Waals surface area contributed by atoms with E-state index in [1.807, 2.05) is 27.7 Å². The van der Waals surface area contributed by atoms with Crippen molar-refractivity contribution in [2.24, 2.45) is 17.6 Å². The molecular formula is C15H39N. The fraction of sp³-hybridized carbons (Fsp3) is 1.00. The molecule has 104 valence electrons. The Hall–Kier alpha value is -0.0400. The average Bonchev–Trinajstić information content (AvgIpc) is 2.24. The second-order valence-corrected chi connectivity index (χ2v) is 4.20. The van der Waals surface area contributed by atoms with Gasteiger partial charge in [0.15, 0.2) is 0 Å². The van der Waals surface area contributed by atoms with E-state index in [0.29, 0.717) is 0 Å². The molecule has 0 fully saturated rings. The topological polar surface area (TPSA) is 26.0 Å². The fourth-order valence-electron chi connectivity index (χ4n) is 0.922. The summed E-state index contributed by atoms with van der Waals surface area (Å²) in [5, 5.41) is 0. The number of hydrogen-bond acceptors (Lipinski definition) is 1. The van der Waals surface area contributed by atoms with Crippen LogP contribution in [0.2, 0.25) is 0 Å². The highest BCUT2D eigenvalue weighted by atomic mass is 14.5. The van der Waals surface area contributed by atoms with Crippen molar-refractivity contribution >= 4 is 0 Å². The first-order valence-electron chi connectivity index (χ1n) is 7.24. The Morgan fingerprint density at radius 1 is 0.812 bits per heavy atom. The van der Waals surface area contributed by atoms with Crippen molar-refractivity contribution in [3.8, 4) is 0 Å². The van der Waals surface area contributed by atoms with Gasteiger partial charge >= 0.3 is 0 Å². The summed E-state index contributed by atoms with van der Waals surface area (Å²) in [7, 11) is 0. The maximum absolute atomic E-state index is 5.36. The molecule has 0 heterocycles. The van der Waals surface area contributed by atoms with Crippen molar-refractivity contribution in [2.45, 2.75) is 81.6 Å². The highest BCUT2D eigenvalue weighted by Crippen LogP contribution is 2.07. The van der Waals surface area contributed by atoms with E-state index >= 15 is 0 Å². The predicted octanol–water partition coefficient (Wildman–Crippen LogP) is 5.49. The molecule has 0 aliphatic rings. The van der Waals surface area contributed by atoms with Crippen LogP contribution < -0.4 is 5.73 Å². The Morgan fingerprint density at radius 2 is 1.12 bits per heavy atom. The lowest BCUT2D eigenvalue weighted by Gasteiger charge is -2.05. The Bertz CT molecular complexity index is 61.1. The molecule has 1 heteroatoms. The van der Waals surface area contributed by atoms with Crippen LogP contribution in [-0.4, -0.2) is 6.54 Å². The van der Waals surface area contributed by atoms with Gasteiger partial charge in [0.25, 0.3) is 0 Å². The standard InChI is InChI=1S/C7H17N.C4H10.2C2H6/c1-3-4-7(2)5-6-8;1-4(2)3;2*1-2/h7H,3-6,8H2,1-2H3;4H,1-3H3;2*1-2H3. The third-order valence-electron chi connectivity index (χ3n) is 1.44. The van der Waals surface area contributed by atoms with Crippen LogP contribution in [0, 0.1) is 11.8 Å².